The number of rotatable bonds is 13. The molecular weight excluding hydrogens is 752 g/mol. The second kappa shape index (κ2) is 16.1. The zero-order chi connectivity index (χ0) is 41.8. The number of nitrogens with zero attached hydrogens (tertiary/aromatic N) is 3. The monoisotopic (exact) mass is 787 g/mol. The summed E-state index contributed by atoms with van der Waals surface area (Å²) in [6, 6.07) is 34.2. The van der Waals surface area contributed by atoms with Crippen LogP contribution in [0.4, 0.5) is 23.7 Å². The van der Waals surface area contributed by atoms with Gasteiger partial charge in [-0.3, -0.25) is 19.3 Å². The molecule has 1 heterocycles. The van der Waals surface area contributed by atoms with Gasteiger partial charge in [0.15, 0.2) is 0 Å². The number of amides is 2. The molecule has 3 N–H and O–H groups in total. The lowest BCUT2D eigenvalue weighted by Gasteiger charge is -2.53. The van der Waals surface area contributed by atoms with Crippen molar-refractivity contribution in [2.75, 3.05) is 4.90 Å². The van der Waals surface area contributed by atoms with Gasteiger partial charge in [-0.1, -0.05) is 109 Å². The first kappa shape index (κ1) is 40.5. The zero-order valence-electron chi connectivity index (χ0n) is 30.9. The fourth-order valence-corrected chi connectivity index (χ4v) is 8.11. The molecule has 0 unspecified atom stereocenters. The fraction of sp³-hybridized carbons (Fsp3) is 0.178. The Bertz CT molecular complexity index is 2340. The maximum atomic E-state index is 15.2. The quantitative estimate of drug-likeness (QED) is 0.1000. The summed E-state index contributed by atoms with van der Waals surface area (Å²) in [6.45, 7) is 1.11. The highest BCUT2D eigenvalue weighted by Gasteiger charge is 2.71. The van der Waals surface area contributed by atoms with Crippen molar-refractivity contribution in [1.29, 1.82) is 5.26 Å². The summed E-state index contributed by atoms with van der Waals surface area (Å²) in [6.07, 6.45) is -5.94. The van der Waals surface area contributed by atoms with Crippen LogP contribution in [-0.2, 0) is 39.9 Å². The summed E-state index contributed by atoms with van der Waals surface area (Å²) in [5.74, 6) is -6.64. The van der Waals surface area contributed by atoms with Crippen LogP contribution in [-0.4, -0.2) is 44.2 Å². The number of anilines is 1. The number of allylic oxidation sites excluding steroid dienone is 1. The third-order valence-electron chi connectivity index (χ3n) is 10.6. The highest BCUT2D eigenvalue weighted by Crippen LogP contribution is 2.59. The van der Waals surface area contributed by atoms with Gasteiger partial charge in [0, 0.05) is 17.7 Å². The number of urea groups is 1. The Morgan fingerprint density at radius 2 is 1.17 bits per heavy atom. The molecule has 0 fully saturated rings. The molecule has 1 atom stereocenters. The van der Waals surface area contributed by atoms with Crippen LogP contribution in [0.25, 0.3) is 0 Å². The van der Waals surface area contributed by atoms with E-state index in [1.165, 1.54) is 42.2 Å². The second-order valence-corrected chi connectivity index (χ2v) is 14.0. The van der Waals surface area contributed by atoms with E-state index in [4.69, 9.17) is 0 Å². The second-order valence-electron chi connectivity index (χ2n) is 14.0. The molecule has 1 aliphatic rings. The highest BCUT2D eigenvalue weighted by molar-refractivity contribution is 6.18. The lowest BCUT2D eigenvalue weighted by atomic mass is 9.52. The molecule has 0 bridgehead atoms. The molecule has 0 aromatic heterocycles. The van der Waals surface area contributed by atoms with Crippen molar-refractivity contribution in [2.24, 2.45) is 10.8 Å². The van der Waals surface area contributed by atoms with Gasteiger partial charge in [-0.05, 0) is 77.9 Å². The number of carbonyl (C=O) groups excluding carboxylic acids is 1. The SMILES string of the molecule is CC1=C(C(Cc2ccccc2)(Cc2ccccc2)C(C(=O)O)(C(=O)O)C(=O)O)[C@@H](c2ccc(C#N)cc2)N(Cc2ccccc2)C(=O)N1c1cccc(C(F)(F)F)c1. The van der Waals surface area contributed by atoms with E-state index in [2.05, 4.69) is 0 Å². The number of halogens is 3. The first-order valence-corrected chi connectivity index (χ1v) is 18.0. The number of hydrogen-bond donors (Lipinski definition) is 3. The van der Waals surface area contributed by atoms with Gasteiger partial charge in [-0.25, -0.2) is 4.79 Å². The summed E-state index contributed by atoms with van der Waals surface area (Å²) in [5, 5.41) is 43.4. The molecule has 13 heteroatoms. The van der Waals surface area contributed by atoms with Crippen LogP contribution in [0.2, 0.25) is 0 Å². The predicted octanol–water partition coefficient (Wildman–Crippen LogP) is 8.75. The highest BCUT2D eigenvalue weighted by atomic mass is 19.4. The minimum atomic E-state index is -4.85. The van der Waals surface area contributed by atoms with Crippen molar-refractivity contribution in [3.8, 4) is 6.07 Å². The van der Waals surface area contributed by atoms with Gasteiger partial charge < -0.3 is 20.2 Å². The van der Waals surface area contributed by atoms with Gasteiger partial charge in [-0.2, -0.15) is 18.4 Å². The maximum absolute atomic E-state index is 15.2. The van der Waals surface area contributed by atoms with Gasteiger partial charge in [0.25, 0.3) is 5.41 Å². The van der Waals surface area contributed by atoms with E-state index >= 15 is 4.79 Å². The summed E-state index contributed by atoms with van der Waals surface area (Å²) >= 11 is 0. The molecule has 0 saturated carbocycles. The standard InChI is InChI=1S/C45H36F3N3O7/c1-29-37(43(25-30-12-5-2-6-13-30,26-31-14-7-3-8-15-31)44(39(52)53,40(54)55)41(56)57)38(34-22-20-32(27-49)21-23-34)50(28-33-16-9-4-10-17-33)42(58)51(29)36-19-11-18-35(24-36)45(46,47)48/h2-24,38H,25-26,28H2,1H3,(H,52,53)(H,54,55)(H,56,57)/t38-/m1/s1. The summed E-state index contributed by atoms with van der Waals surface area (Å²) in [4.78, 5) is 59.1. The van der Waals surface area contributed by atoms with Crippen LogP contribution < -0.4 is 4.90 Å². The van der Waals surface area contributed by atoms with E-state index in [0.717, 1.165) is 23.1 Å². The number of hydrogen-bond acceptors (Lipinski definition) is 5. The first-order valence-electron chi connectivity index (χ1n) is 18.0. The van der Waals surface area contributed by atoms with E-state index in [0.29, 0.717) is 16.7 Å². The third kappa shape index (κ3) is 7.28. The van der Waals surface area contributed by atoms with Gasteiger partial charge in [0.2, 0.25) is 0 Å². The third-order valence-corrected chi connectivity index (χ3v) is 10.6. The van der Waals surface area contributed by atoms with E-state index in [1.54, 1.807) is 91.0 Å². The van der Waals surface area contributed by atoms with E-state index in [9.17, 15) is 48.1 Å². The molecular formula is C45H36F3N3O7. The summed E-state index contributed by atoms with van der Waals surface area (Å²) in [5.41, 5.74) is -6.30. The Morgan fingerprint density at radius 1 is 0.690 bits per heavy atom. The van der Waals surface area contributed by atoms with E-state index in [1.807, 2.05) is 6.07 Å². The molecule has 0 aliphatic carbocycles. The van der Waals surface area contributed by atoms with Gasteiger partial charge in [0.05, 0.1) is 28.9 Å². The van der Waals surface area contributed by atoms with Crippen molar-refractivity contribution in [3.63, 3.8) is 0 Å². The average molecular weight is 788 g/mol. The summed E-state index contributed by atoms with van der Waals surface area (Å²) in [7, 11) is 0. The van der Waals surface area contributed by atoms with E-state index in [-0.39, 0.29) is 34.6 Å². The fourth-order valence-electron chi connectivity index (χ4n) is 8.11. The summed E-state index contributed by atoms with van der Waals surface area (Å²) < 4.78 is 42.8. The number of carboxylic acid groups (broad SMARTS) is 3. The Balaban J connectivity index is 1.86. The topological polar surface area (TPSA) is 159 Å². The number of benzene rings is 5. The maximum Gasteiger partial charge on any atom is 0.416 e. The molecule has 5 aromatic carbocycles. The Labute approximate surface area is 331 Å². The van der Waals surface area contributed by atoms with Crippen molar-refractivity contribution < 1.29 is 47.7 Å². The molecule has 58 heavy (non-hydrogen) atoms. The molecule has 2 amide bonds. The van der Waals surface area contributed by atoms with Crippen LogP contribution in [0.3, 0.4) is 0 Å². The van der Waals surface area contributed by atoms with Crippen molar-refractivity contribution in [3.05, 3.63) is 184 Å². The van der Waals surface area contributed by atoms with Gasteiger partial charge in [0.1, 0.15) is 0 Å². The normalized spacial score (nSPS) is 14.9. The molecule has 6 rings (SSSR count). The van der Waals surface area contributed by atoms with Crippen LogP contribution in [0.1, 0.15) is 46.3 Å². The number of carboxylic acids is 3. The van der Waals surface area contributed by atoms with Gasteiger partial charge >= 0.3 is 30.1 Å². The van der Waals surface area contributed by atoms with Gasteiger partial charge in [-0.15, -0.1) is 0 Å². The first-order chi connectivity index (χ1) is 27.6. The number of carbonyl (C=O) groups is 4. The largest absolute Gasteiger partial charge is 0.480 e. The minimum Gasteiger partial charge on any atom is -0.480 e. The Morgan fingerprint density at radius 3 is 1.62 bits per heavy atom. The predicted molar refractivity (Wildman–Crippen MR) is 206 cm³/mol. The lowest BCUT2D eigenvalue weighted by molar-refractivity contribution is -0.186. The smallest absolute Gasteiger partial charge is 0.416 e. The molecule has 10 nitrogen and oxygen atoms in total. The number of aliphatic carboxylic acids is 3. The van der Waals surface area contributed by atoms with Crippen molar-refractivity contribution in [2.45, 2.75) is 38.5 Å². The average Bonchev–Trinajstić information content (AvgIpc) is 3.19. The zero-order valence-corrected chi connectivity index (χ0v) is 30.9. The van der Waals surface area contributed by atoms with Crippen LogP contribution in [0.5, 0.6) is 0 Å². The Kier molecular flexibility index (Phi) is 11.2. The molecule has 294 valence electrons. The molecule has 0 radical (unpaired) electrons. The Hall–Kier alpha value is -7.20. The minimum absolute atomic E-state index is 0.162. The van der Waals surface area contributed by atoms with Crippen LogP contribution >= 0.6 is 0 Å². The molecule has 1 aliphatic heterocycles. The van der Waals surface area contributed by atoms with Crippen molar-refractivity contribution >= 4 is 29.6 Å². The number of alkyl halides is 3. The van der Waals surface area contributed by atoms with Crippen molar-refractivity contribution in [1.82, 2.24) is 4.90 Å². The molecule has 5 aromatic rings. The van der Waals surface area contributed by atoms with Crippen LogP contribution in [0.15, 0.2) is 151 Å². The van der Waals surface area contributed by atoms with Crippen LogP contribution in [0, 0.1) is 22.2 Å². The lowest BCUT2D eigenvalue weighted by Crippen LogP contribution is -2.64. The van der Waals surface area contributed by atoms with E-state index < -0.39 is 65.4 Å². The molecule has 0 saturated heterocycles. The number of nitriles is 1. The molecule has 0 spiro atoms.